The number of thiazole rings is 1. The summed E-state index contributed by atoms with van der Waals surface area (Å²) < 4.78 is 5.06. The lowest BCUT2D eigenvalue weighted by Crippen LogP contribution is -1.88. The summed E-state index contributed by atoms with van der Waals surface area (Å²) in [6.45, 7) is 0.637. The van der Waals surface area contributed by atoms with Gasteiger partial charge in [-0.15, -0.1) is 11.3 Å². The summed E-state index contributed by atoms with van der Waals surface area (Å²) in [4.78, 5) is 5.91. The summed E-state index contributed by atoms with van der Waals surface area (Å²) in [7, 11) is 1.71. The first kappa shape index (κ1) is 9.49. The van der Waals surface area contributed by atoms with Crippen LogP contribution in [0.3, 0.4) is 0 Å². The van der Waals surface area contributed by atoms with Gasteiger partial charge in [-0.3, -0.25) is 0 Å². The maximum atomic E-state index is 5.06. The van der Waals surface area contributed by atoms with Crippen LogP contribution in [-0.2, 0) is 17.1 Å². The van der Waals surface area contributed by atoms with Gasteiger partial charge in [-0.1, -0.05) is 0 Å². The third kappa shape index (κ3) is 2.06. The van der Waals surface area contributed by atoms with Crippen molar-refractivity contribution in [2.75, 3.05) is 7.11 Å². The van der Waals surface area contributed by atoms with Crippen molar-refractivity contribution in [2.45, 2.75) is 31.1 Å². The lowest BCUT2D eigenvalue weighted by Gasteiger charge is -1.93. The van der Waals surface area contributed by atoms with E-state index in [0.717, 1.165) is 16.7 Å². The van der Waals surface area contributed by atoms with Gasteiger partial charge in [-0.2, -0.15) is 12.6 Å². The SMILES string of the molecule is COCc1nc(C2CC2)c(CS)s1. The van der Waals surface area contributed by atoms with Crippen LogP contribution < -0.4 is 0 Å². The Bertz CT molecular complexity index is 294. The number of thiol groups is 1. The normalized spacial score (nSPS) is 16.5. The van der Waals surface area contributed by atoms with Crippen molar-refractivity contribution in [3.05, 3.63) is 15.6 Å². The molecule has 4 heteroatoms. The molecular weight excluding hydrogens is 202 g/mol. The molecule has 1 aliphatic rings. The van der Waals surface area contributed by atoms with E-state index in [1.54, 1.807) is 18.4 Å². The highest BCUT2D eigenvalue weighted by Crippen LogP contribution is 2.43. The van der Waals surface area contributed by atoms with E-state index in [2.05, 4.69) is 17.6 Å². The van der Waals surface area contributed by atoms with Crippen molar-refractivity contribution in [1.29, 1.82) is 0 Å². The van der Waals surface area contributed by atoms with Crippen molar-refractivity contribution in [1.82, 2.24) is 4.98 Å². The van der Waals surface area contributed by atoms with E-state index >= 15 is 0 Å². The van der Waals surface area contributed by atoms with Crippen LogP contribution in [-0.4, -0.2) is 12.1 Å². The molecule has 2 rings (SSSR count). The maximum Gasteiger partial charge on any atom is 0.119 e. The maximum absolute atomic E-state index is 5.06. The zero-order chi connectivity index (χ0) is 9.26. The Morgan fingerprint density at radius 2 is 2.38 bits per heavy atom. The second-order valence-electron chi connectivity index (χ2n) is 3.28. The monoisotopic (exact) mass is 215 g/mol. The fourth-order valence-corrected chi connectivity index (χ4v) is 2.73. The summed E-state index contributed by atoms with van der Waals surface area (Å²) in [5.41, 5.74) is 1.28. The predicted octanol–water partition coefficient (Wildman–Crippen LogP) is 2.60. The van der Waals surface area contributed by atoms with E-state index in [9.17, 15) is 0 Å². The largest absolute Gasteiger partial charge is 0.378 e. The average molecular weight is 215 g/mol. The smallest absolute Gasteiger partial charge is 0.119 e. The minimum Gasteiger partial charge on any atom is -0.378 e. The highest BCUT2D eigenvalue weighted by molar-refractivity contribution is 7.79. The Morgan fingerprint density at radius 3 is 2.92 bits per heavy atom. The lowest BCUT2D eigenvalue weighted by atomic mass is 10.3. The van der Waals surface area contributed by atoms with E-state index in [1.165, 1.54) is 23.4 Å². The molecule has 1 fully saturated rings. The van der Waals surface area contributed by atoms with Crippen LogP contribution in [0.2, 0.25) is 0 Å². The van der Waals surface area contributed by atoms with Crippen molar-refractivity contribution >= 4 is 24.0 Å². The van der Waals surface area contributed by atoms with Crippen LogP contribution in [0, 0.1) is 0 Å². The molecule has 0 amide bonds. The quantitative estimate of drug-likeness (QED) is 0.780. The molecule has 1 aliphatic carbocycles. The van der Waals surface area contributed by atoms with Crippen LogP contribution in [0.1, 0.15) is 34.3 Å². The molecular formula is C9H13NOS2. The molecule has 72 valence electrons. The van der Waals surface area contributed by atoms with E-state index in [0.29, 0.717) is 6.61 Å². The second kappa shape index (κ2) is 3.98. The predicted molar refractivity (Wildman–Crippen MR) is 57.5 cm³/mol. The van der Waals surface area contributed by atoms with Gasteiger partial charge >= 0.3 is 0 Å². The van der Waals surface area contributed by atoms with Gasteiger partial charge in [0.05, 0.1) is 12.3 Å². The first-order valence-corrected chi connectivity index (χ1v) is 5.88. The minimum atomic E-state index is 0.637. The molecule has 1 aromatic heterocycles. The van der Waals surface area contributed by atoms with Crippen LogP contribution in [0.25, 0.3) is 0 Å². The Hall–Kier alpha value is -0.0600. The highest BCUT2D eigenvalue weighted by atomic mass is 32.1. The van der Waals surface area contributed by atoms with Crippen LogP contribution in [0.5, 0.6) is 0 Å². The topological polar surface area (TPSA) is 22.1 Å². The fourth-order valence-electron chi connectivity index (χ4n) is 1.39. The fraction of sp³-hybridized carbons (Fsp3) is 0.667. The average Bonchev–Trinajstić information content (AvgIpc) is 2.89. The number of hydrogen-bond acceptors (Lipinski definition) is 4. The van der Waals surface area contributed by atoms with Gasteiger partial charge in [0.25, 0.3) is 0 Å². The molecule has 0 radical (unpaired) electrons. The standard InChI is InChI=1S/C9H13NOS2/c1-11-4-8-10-9(6-2-3-6)7(5-12)13-8/h6,12H,2-5H2,1H3. The van der Waals surface area contributed by atoms with Crippen molar-refractivity contribution in [2.24, 2.45) is 0 Å². The molecule has 0 unspecified atom stereocenters. The van der Waals surface area contributed by atoms with Crippen molar-refractivity contribution in [3.63, 3.8) is 0 Å². The van der Waals surface area contributed by atoms with Crippen molar-refractivity contribution < 1.29 is 4.74 Å². The van der Waals surface area contributed by atoms with E-state index < -0.39 is 0 Å². The minimum absolute atomic E-state index is 0.637. The molecule has 1 aromatic rings. The van der Waals surface area contributed by atoms with Crippen LogP contribution in [0.4, 0.5) is 0 Å². The lowest BCUT2D eigenvalue weighted by molar-refractivity contribution is 0.184. The third-order valence-corrected chi connectivity index (χ3v) is 3.72. The summed E-state index contributed by atoms with van der Waals surface area (Å²) in [5, 5.41) is 1.09. The number of aromatic nitrogens is 1. The first-order chi connectivity index (χ1) is 6.35. The number of hydrogen-bond donors (Lipinski definition) is 1. The summed E-state index contributed by atoms with van der Waals surface area (Å²) in [6, 6.07) is 0. The van der Waals surface area contributed by atoms with Gasteiger partial charge < -0.3 is 4.74 Å². The van der Waals surface area contributed by atoms with Crippen LogP contribution in [0.15, 0.2) is 0 Å². The second-order valence-corrected chi connectivity index (χ2v) is 4.77. The van der Waals surface area contributed by atoms with Gasteiger partial charge in [0.2, 0.25) is 0 Å². The summed E-state index contributed by atoms with van der Waals surface area (Å²) in [6.07, 6.45) is 2.61. The van der Waals surface area contributed by atoms with Crippen molar-refractivity contribution in [3.8, 4) is 0 Å². The molecule has 1 heterocycles. The molecule has 0 aromatic carbocycles. The Kier molecular flexibility index (Phi) is 2.91. The van der Waals surface area contributed by atoms with Gasteiger partial charge in [-0.05, 0) is 12.8 Å². The Labute approximate surface area is 87.7 Å². The summed E-state index contributed by atoms with van der Waals surface area (Å²) >= 11 is 6.05. The molecule has 13 heavy (non-hydrogen) atoms. The molecule has 0 aliphatic heterocycles. The third-order valence-electron chi connectivity index (χ3n) is 2.15. The highest BCUT2D eigenvalue weighted by Gasteiger charge is 2.28. The number of ether oxygens (including phenoxy) is 1. The number of methoxy groups -OCH3 is 1. The van der Waals surface area contributed by atoms with Gasteiger partial charge in [0.15, 0.2) is 0 Å². The molecule has 1 saturated carbocycles. The number of nitrogens with zero attached hydrogens (tertiary/aromatic N) is 1. The van der Waals surface area contributed by atoms with Gasteiger partial charge in [-0.25, -0.2) is 4.98 Å². The van der Waals surface area contributed by atoms with Crippen LogP contribution >= 0.6 is 24.0 Å². The van der Waals surface area contributed by atoms with Gasteiger partial charge in [0, 0.05) is 23.7 Å². The molecule has 0 atom stereocenters. The zero-order valence-electron chi connectivity index (χ0n) is 7.62. The molecule has 0 N–H and O–H groups in total. The Morgan fingerprint density at radius 1 is 1.62 bits per heavy atom. The van der Waals surface area contributed by atoms with E-state index in [4.69, 9.17) is 4.74 Å². The van der Waals surface area contributed by atoms with E-state index in [1.807, 2.05) is 0 Å². The Balaban J connectivity index is 2.20. The van der Waals surface area contributed by atoms with Gasteiger partial charge in [0.1, 0.15) is 5.01 Å². The summed E-state index contributed by atoms with van der Waals surface area (Å²) in [5.74, 6) is 1.54. The molecule has 2 nitrogen and oxygen atoms in total. The molecule has 0 saturated heterocycles. The van der Waals surface area contributed by atoms with E-state index in [-0.39, 0.29) is 0 Å². The first-order valence-electron chi connectivity index (χ1n) is 4.43. The zero-order valence-corrected chi connectivity index (χ0v) is 9.33. The molecule has 0 bridgehead atoms. The number of rotatable bonds is 4. The molecule has 0 spiro atoms.